The maximum atomic E-state index is 12.7. The van der Waals surface area contributed by atoms with Crippen molar-refractivity contribution >= 4 is 15.7 Å². The Hall–Kier alpha value is -2.34. The molecule has 1 saturated heterocycles. The van der Waals surface area contributed by atoms with Gasteiger partial charge in [0.1, 0.15) is 11.5 Å². The number of carbonyl (C=O) groups excluding carboxylic acids is 1. The Kier molecular flexibility index (Phi) is 5.08. The van der Waals surface area contributed by atoms with Gasteiger partial charge < -0.3 is 9.64 Å². The van der Waals surface area contributed by atoms with Gasteiger partial charge in [0.2, 0.25) is 0 Å². The van der Waals surface area contributed by atoms with E-state index in [4.69, 9.17) is 4.74 Å². The van der Waals surface area contributed by atoms with Gasteiger partial charge in [-0.05, 0) is 49.7 Å². The smallest absolute Gasteiger partial charge is 0.254 e. The highest BCUT2D eigenvalue weighted by molar-refractivity contribution is 7.91. The molecule has 0 N–H and O–H groups in total. The van der Waals surface area contributed by atoms with Crippen LogP contribution in [0.25, 0.3) is 0 Å². The summed E-state index contributed by atoms with van der Waals surface area (Å²) < 4.78 is 29.1. The Bertz CT molecular complexity index is 831. The second-order valence-corrected chi connectivity index (χ2v) is 8.32. The molecule has 2 aromatic rings. The van der Waals surface area contributed by atoms with E-state index < -0.39 is 9.84 Å². The van der Waals surface area contributed by atoms with Crippen molar-refractivity contribution in [3.63, 3.8) is 0 Å². The number of ether oxygens (including phenoxy) is 1. The SMILES string of the molecule is CCN(C(=O)c1ccc(Oc2ccccc2)cc1)C1CCS(=O)(=O)C1. The molecule has 0 saturated carbocycles. The largest absolute Gasteiger partial charge is 0.457 e. The fraction of sp³-hybridized carbons (Fsp3) is 0.316. The van der Waals surface area contributed by atoms with Gasteiger partial charge in [-0.1, -0.05) is 18.2 Å². The Morgan fingerprint density at radius 3 is 2.28 bits per heavy atom. The third kappa shape index (κ3) is 4.20. The normalized spacial score (nSPS) is 18.7. The number of benzene rings is 2. The molecule has 2 aromatic carbocycles. The van der Waals surface area contributed by atoms with Crippen LogP contribution in [0.4, 0.5) is 0 Å². The molecule has 1 amide bonds. The van der Waals surface area contributed by atoms with Crippen LogP contribution < -0.4 is 4.74 Å². The minimum absolute atomic E-state index is 0.0573. The molecule has 0 aliphatic carbocycles. The molecule has 1 aliphatic rings. The molecule has 3 rings (SSSR count). The van der Waals surface area contributed by atoms with Crippen LogP contribution in [0, 0.1) is 0 Å². The summed E-state index contributed by atoms with van der Waals surface area (Å²) in [4.78, 5) is 14.4. The highest BCUT2D eigenvalue weighted by Crippen LogP contribution is 2.23. The number of amides is 1. The van der Waals surface area contributed by atoms with E-state index in [2.05, 4.69) is 0 Å². The Balaban J connectivity index is 1.71. The second-order valence-electron chi connectivity index (χ2n) is 6.09. The molecule has 1 fully saturated rings. The number of sulfone groups is 1. The topological polar surface area (TPSA) is 63.7 Å². The van der Waals surface area contributed by atoms with Crippen molar-refractivity contribution in [1.82, 2.24) is 4.90 Å². The van der Waals surface area contributed by atoms with E-state index in [0.29, 0.717) is 24.3 Å². The lowest BCUT2D eigenvalue weighted by atomic mass is 10.1. The molecular formula is C19H21NO4S. The minimum atomic E-state index is -3.02. The molecule has 1 unspecified atom stereocenters. The first kappa shape index (κ1) is 17.5. The zero-order valence-electron chi connectivity index (χ0n) is 14.1. The molecule has 6 heteroatoms. The maximum absolute atomic E-state index is 12.7. The number of rotatable bonds is 5. The van der Waals surface area contributed by atoms with Gasteiger partial charge in [-0.15, -0.1) is 0 Å². The Morgan fingerprint density at radius 1 is 1.08 bits per heavy atom. The second kappa shape index (κ2) is 7.27. The summed E-state index contributed by atoms with van der Waals surface area (Å²) in [5.41, 5.74) is 0.534. The van der Waals surface area contributed by atoms with Crippen molar-refractivity contribution in [1.29, 1.82) is 0 Å². The molecule has 0 aromatic heterocycles. The van der Waals surface area contributed by atoms with Crippen LogP contribution in [0.2, 0.25) is 0 Å². The first-order valence-electron chi connectivity index (χ1n) is 8.33. The first-order chi connectivity index (χ1) is 12.0. The third-order valence-electron chi connectivity index (χ3n) is 4.33. The number of carbonyl (C=O) groups is 1. The minimum Gasteiger partial charge on any atom is -0.457 e. The molecule has 0 spiro atoms. The van der Waals surface area contributed by atoms with E-state index in [1.807, 2.05) is 37.3 Å². The van der Waals surface area contributed by atoms with Crippen LogP contribution in [-0.4, -0.2) is 43.3 Å². The van der Waals surface area contributed by atoms with Crippen LogP contribution in [0.3, 0.4) is 0 Å². The van der Waals surface area contributed by atoms with Gasteiger partial charge in [0.05, 0.1) is 11.5 Å². The van der Waals surface area contributed by atoms with Crippen molar-refractivity contribution in [2.24, 2.45) is 0 Å². The van der Waals surface area contributed by atoms with Gasteiger partial charge in [-0.3, -0.25) is 4.79 Å². The van der Waals surface area contributed by atoms with Gasteiger partial charge >= 0.3 is 0 Å². The van der Waals surface area contributed by atoms with E-state index in [1.54, 1.807) is 29.2 Å². The standard InChI is InChI=1S/C19H21NO4S/c1-2-20(16-12-13-25(22,23)14-16)19(21)15-8-10-18(11-9-15)24-17-6-4-3-5-7-17/h3-11,16H,2,12-14H2,1H3. The number of hydrogen-bond donors (Lipinski definition) is 0. The molecule has 1 aliphatic heterocycles. The molecule has 0 radical (unpaired) electrons. The summed E-state index contributed by atoms with van der Waals surface area (Å²) in [5.74, 6) is 1.45. The lowest BCUT2D eigenvalue weighted by Crippen LogP contribution is -2.40. The van der Waals surface area contributed by atoms with Crippen LogP contribution in [0.15, 0.2) is 54.6 Å². The quantitative estimate of drug-likeness (QED) is 0.823. The molecule has 0 bridgehead atoms. The average molecular weight is 359 g/mol. The van der Waals surface area contributed by atoms with E-state index in [9.17, 15) is 13.2 Å². The summed E-state index contributed by atoms with van der Waals surface area (Å²) in [6.45, 7) is 2.36. The number of para-hydroxylation sites is 1. The van der Waals surface area contributed by atoms with Gasteiger partial charge in [0.15, 0.2) is 9.84 Å². The third-order valence-corrected chi connectivity index (χ3v) is 6.08. The van der Waals surface area contributed by atoms with Crippen LogP contribution in [0.5, 0.6) is 11.5 Å². The summed E-state index contributed by atoms with van der Waals surface area (Å²) in [6.07, 6.45) is 0.511. The first-order valence-corrected chi connectivity index (χ1v) is 10.1. The lowest BCUT2D eigenvalue weighted by molar-refractivity contribution is 0.0708. The van der Waals surface area contributed by atoms with E-state index in [1.165, 1.54) is 0 Å². The van der Waals surface area contributed by atoms with Crippen molar-refractivity contribution in [3.05, 3.63) is 60.2 Å². The molecule has 25 heavy (non-hydrogen) atoms. The molecule has 5 nitrogen and oxygen atoms in total. The van der Waals surface area contributed by atoms with Crippen molar-refractivity contribution in [2.75, 3.05) is 18.1 Å². The van der Waals surface area contributed by atoms with E-state index >= 15 is 0 Å². The van der Waals surface area contributed by atoms with Crippen LogP contribution in [0.1, 0.15) is 23.7 Å². The maximum Gasteiger partial charge on any atom is 0.254 e. The predicted molar refractivity (Wildman–Crippen MR) is 96.7 cm³/mol. The number of hydrogen-bond acceptors (Lipinski definition) is 4. The fourth-order valence-electron chi connectivity index (χ4n) is 3.04. The van der Waals surface area contributed by atoms with E-state index in [-0.39, 0.29) is 23.5 Å². The fourth-order valence-corrected chi connectivity index (χ4v) is 4.78. The summed E-state index contributed by atoms with van der Waals surface area (Å²) in [5, 5.41) is 0. The summed E-state index contributed by atoms with van der Waals surface area (Å²) >= 11 is 0. The molecule has 1 heterocycles. The summed E-state index contributed by atoms with van der Waals surface area (Å²) in [7, 11) is -3.02. The monoisotopic (exact) mass is 359 g/mol. The van der Waals surface area contributed by atoms with Gasteiger partial charge in [-0.25, -0.2) is 8.42 Å². The summed E-state index contributed by atoms with van der Waals surface area (Å²) in [6, 6.07) is 16.1. The van der Waals surface area contributed by atoms with Gasteiger partial charge in [0.25, 0.3) is 5.91 Å². The van der Waals surface area contributed by atoms with Crippen molar-refractivity contribution in [2.45, 2.75) is 19.4 Å². The van der Waals surface area contributed by atoms with Crippen LogP contribution >= 0.6 is 0 Å². The molecule has 132 valence electrons. The zero-order valence-corrected chi connectivity index (χ0v) is 14.9. The Morgan fingerprint density at radius 2 is 1.72 bits per heavy atom. The van der Waals surface area contributed by atoms with Gasteiger partial charge in [-0.2, -0.15) is 0 Å². The predicted octanol–water partition coefficient (Wildman–Crippen LogP) is 3.13. The zero-order chi connectivity index (χ0) is 17.9. The highest BCUT2D eigenvalue weighted by Gasteiger charge is 2.34. The van der Waals surface area contributed by atoms with Crippen LogP contribution in [-0.2, 0) is 9.84 Å². The Labute approximate surface area is 148 Å². The average Bonchev–Trinajstić information content (AvgIpc) is 2.97. The lowest BCUT2D eigenvalue weighted by Gasteiger charge is -2.27. The van der Waals surface area contributed by atoms with Crippen molar-refractivity contribution in [3.8, 4) is 11.5 Å². The molecular weight excluding hydrogens is 338 g/mol. The van der Waals surface area contributed by atoms with E-state index in [0.717, 1.165) is 5.75 Å². The van der Waals surface area contributed by atoms with Crippen molar-refractivity contribution < 1.29 is 17.9 Å². The van der Waals surface area contributed by atoms with Gasteiger partial charge in [0, 0.05) is 18.2 Å². The number of nitrogens with zero attached hydrogens (tertiary/aromatic N) is 1. The molecule has 1 atom stereocenters. The highest BCUT2D eigenvalue weighted by atomic mass is 32.2.